The first-order chi connectivity index (χ1) is 8.65. The molecular weight excluding hydrogens is 232 g/mol. The Bertz CT molecular complexity index is 487. The second kappa shape index (κ2) is 5.03. The molecule has 1 saturated heterocycles. The zero-order valence-electron chi connectivity index (χ0n) is 10.2. The maximum Gasteiger partial charge on any atom is 0.256 e. The molecule has 96 valence electrons. The fraction of sp³-hybridized carbons (Fsp3) is 0.417. The summed E-state index contributed by atoms with van der Waals surface area (Å²) in [5, 5.41) is 11.7. The van der Waals surface area contributed by atoms with Gasteiger partial charge in [0.2, 0.25) is 0 Å². The molecular formula is C12H16N4O2. The highest BCUT2D eigenvalue weighted by Crippen LogP contribution is 2.21. The number of carbonyl (C=O) groups excluding carboxylic acids is 1. The van der Waals surface area contributed by atoms with E-state index in [0.29, 0.717) is 17.8 Å². The molecule has 2 rings (SSSR count). The molecule has 2 heterocycles. The summed E-state index contributed by atoms with van der Waals surface area (Å²) in [4.78, 5) is 18.1. The van der Waals surface area contributed by atoms with E-state index in [9.17, 15) is 4.79 Å². The molecule has 1 unspecified atom stereocenters. The Kier molecular flexibility index (Phi) is 3.45. The average molecular weight is 248 g/mol. The number of hydrogen-bond donors (Lipinski definition) is 2. The summed E-state index contributed by atoms with van der Waals surface area (Å²) in [6.07, 6.45) is 3.23. The van der Waals surface area contributed by atoms with Crippen molar-refractivity contribution in [3.05, 3.63) is 29.6 Å². The van der Waals surface area contributed by atoms with Crippen molar-refractivity contribution < 1.29 is 10.0 Å². The van der Waals surface area contributed by atoms with E-state index in [0.717, 1.165) is 12.8 Å². The molecule has 1 fully saturated rings. The monoisotopic (exact) mass is 248 g/mol. The molecule has 0 bridgehead atoms. The number of oxime groups is 1. The first-order valence-electron chi connectivity index (χ1n) is 5.85. The highest BCUT2D eigenvalue weighted by Gasteiger charge is 2.32. The third kappa shape index (κ3) is 2.13. The third-order valence-corrected chi connectivity index (χ3v) is 3.21. The van der Waals surface area contributed by atoms with Crippen LogP contribution in [0.2, 0.25) is 0 Å². The standard InChI is InChI=1S/C12H16N4O2/c1-8-9(4-2-6-14-8)12(17)16-7-3-5-10(16)11(13)15-18/h2,4,6,10,18H,3,5,7H2,1H3,(H2,13,15). The number of carbonyl (C=O) groups is 1. The summed E-state index contributed by atoms with van der Waals surface area (Å²) in [6.45, 7) is 2.41. The van der Waals surface area contributed by atoms with Crippen molar-refractivity contribution in [1.29, 1.82) is 0 Å². The van der Waals surface area contributed by atoms with Crippen molar-refractivity contribution in [3.63, 3.8) is 0 Å². The van der Waals surface area contributed by atoms with Gasteiger partial charge in [-0.3, -0.25) is 9.78 Å². The van der Waals surface area contributed by atoms with E-state index < -0.39 is 0 Å². The first kappa shape index (κ1) is 12.3. The van der Waals surface area contributed by atoms with Gasteiger partial charge in [-0.15, -0.1) is 0 Å². The fourth-order valence-corrected chi connectivity index (χ4v) is 2.25. The van der Waals surface area contributed by atoms with Crippen LogP contribution in [0.15, 0.2) is 23.5 Å². The van der Waals surface area contributed by atoms with E-state index in [4.69, 9.17) is 10.9 Å². The Hall–Kier alpha value is -2.11. The van der Waals surface area contributed by atoms with Crippen molar-refractivity contribution >= 4 is 11.7 Å². The number of likely N-dealkylation sites (tertiary alicyclic amines) is 1. The van der Waals surface area contributed by atoms with Crippen molar-refractivity contribution in [1.82, 2.24) is 9.88 Å². The summed E-state index contributed by atoms with van der Waals surface area (Å²) < 4.78 is 0. The van der Waals surface area contributed by atoms with Crippen LogP contribution in [0.5, 0.6) is 0 Å². The zero-order valence-corrected chi connectivity index (χ0v) is 10.2. The number of hydrogen-bond acceptors (Lipinski definition) is 4. The second-order valence-corrected chi connectivity index (χ2v) is 4.32. The van der Waals surface area contributed by atoms with Crippen LogP contribution in [-0.2, 0) is 0 Å². The van der Waals surface area contributed by atoms with Gasteiger partial charge in [0.1, 0.15) is 0 Å². The Balaban J connectivity index is 2.26. The van der Waals surface area contributed by atoms with E-state index in [1.54, 1.807) is 30.2 Å². The number of amidine groups is 1. The minimum atomic E-state index is -0.317. The highest BCUT2D eigenvalue weighted by molar-refractivity contribution is 5.99. The maximum atomic E-state index is 12.4. The Labute approximate surface area is 105 Å². The number of aromatic nitrogens is 1. The summed E-state index contributed by atoms with van der Waals surface area (Å²) in [5.41, 5.74) is 6.87. The SMILES string of the molecule is Cc1ncccc1C(=O)N1CCCC1C(N)=NO. The molecule has 0 radical (unpaired) electrons. The van der Waals surface area contributed by atoms with Crippen LogP contribution in [0.25, 0.3) is 0 Å². The van der Waals surface area contributed by atoms with Crippen LogP contribution in [0.1, 0.15) is 28.9 Å². The highest BCUT2D eigenvalue weighted by atomic mass is 16.4. The summed E-state index contributed by atoms with van der Waals surface area (Å²) >= 11 is 0. The largest absolute Gasteiger partial charge is 0.409 e. The maximum absolute atomic E-state index is 12.4. The van der Waals surface area contributed by atoms with Crippen LogP contribution in [0.4, 0.5) is 0 Å². The van der Waals surface area contributed by atoms with Crippen LogP contribution in [0.3, 0.4) is 0 Å². The number of pyridine rings is 1. The van der Waals surface area contributed by atoms with Gasteiger partial charge in [0.25, 0.3) is 5.91 Å². The van der Waals surface area contributed by atoms with Crippen LogP contribution < -0.4 is 5.73 Å². The quantitative estimate of drug-likeness (QED) is 0.349. The molecule has 18 heavy (non-hydrogen) atoms. The predicted octanol–water partition coefficient (Wildman–Crippen LogP) is 0.741. The summed E-state index contributed by atoms with van der Waals surface area (Å²) in [7, 11) is 0. The van der Waals surface area contributed by atoms with Crippen LogP contribution in [-0.4, -0.2) is 39.4 Å². The Morgan fingerprint density at radius 2 is 2.44 bits per heavy atom. The molecule has 1 atom stereocenters. The molecule has 0 aliphatic carbocycles. The normalized spacial score (nSPS) is 20.2. The number of rotatable bonds is 2. The Morgan fingerprint density at radius 1 is 1.67 bits per heavy atom. The number of nitrogens with two attached hydrogens (primary N) is 1. The molecule has 1 aromatic rings. The lowest BCUT2D eigenvalue weighted by molar-refractivity contribution is 0.0766. The molecule has 1 aromatic heterocycles. The molecule has 1 aliphatic heterocycles. The van der Waals surface area contributed by atoms with Crippen molar-refractivity contribution in [2.24, 2.45) is 10.9 Å². The topological polar surface area (TPSA) is 91.8 Å². The van der Waals surface area contributed by atoms with E-state index in [-0.39, 0.29) is 17.8 Å². The third-order valence-electron chi connectivity index (χ3n) is 3.21. The van der Waals surface area contributed by atoms with E-state index in [1.165, 1.54) is 0 Å². The minimum Gasteiger partial charge on any atom is -0.409 e. The minimum absolute atomic E-state index is 0.0855. The molecule has 6 heteroatoms. The average Bonchev–Trinajstić information content (AvgIpc) is 2.86. The summed E-state index contributed by atoms with van der Waals surface area (Å²) in [6, 6.07) is 3.16. The van der Waals surface area contributed by atoms with Gasteiger partial charge in [-0.05, 0) is 31.9 Å². The van der Waals surface area contributed by atoms with Crippen molar-refractivity contribution in [2.45, 2.75) is 25.8 Å². The smallest absolute Gasteiger partial charge is 0.256 e. The van der Waals surface area contributed by atoms with Gasteiger partial charge >= 0.3 is 0 Å². The molecule has 0 spiro atoms. The van der Waals surface area contributed by atoms with Gasteiger partial charge in [-0.1, -0.05) is 5.16 Å². The van der Waals surface area contributed by atoms with Crippen LogP contribution in [0, 0.1) is 6.92 Å². The molecule has 3 N–H and O–H groups in total. The van der Waals surface area contributed by atoms with Crippen molar-refractivity contribution in [2.75, 3.05) is 6.54 Å². The van der Waals surface area contributed by atoms with Gasteiger partial charge in [0, 0.05) is 18.4 Å². The van der Waals surface area contributed by atoms with Gasteiger partial charge in [0.05, 0.1) is 11.6 Å². The number of aryl methyl sites for hydroxylation is 1. The van der Waals surface area contributed by atoms with E-state index in [1.807, 2.05) is 0 Å². The van der Waals surface area contributed by atoms with Gasteiger partial charge < -0.3 is 15.8 Å². The lowest BCUT2D eigenvalue weighted by atomic mass is 10.1. The molecule has 0 aromatic carbocycles. The number of nitrogens with zero attached hydrogens (tertiary/aromatic N) is 3. The predicted molar refractivity (Wildman–Crippen MR) is 66.4 cm³/mol. The second-order valence-electron chi connectivity index (χ2n) is 4.32. The van der Waals surface area contributed by atoms with E-state index in [2.05, 4.69) is 10.1 Å². The molecule has 1 amide bonds. The lowest BCUT2D eigenvalue weighted by Gasteiger charge is -2.24. The number of amides is 1. The van der Waals surface area contributed by atoms with E-state index >= 15 is 0 Å². The molecule has 0 saturated carbocycles. The lowest BCUT2D eigenvalue weighted by Crippen LogP contribution is -2.44. The van der Waals surface area contributed by atoms with Crippen LogP contribution >= 0.6 is 0 Å². The van der Waals surface area contributed by atoms with Gasteiger partial charge in [-0.2, -0.15) is 0 Å². The zero-order chi connectivity index (χ0) is 13.1. The molecule has 6 nitrogen and oxygen atoms in total. The Morgan fingerprint density at radius 3 is 3.11 bits per heavy atom. The fourth-order valence-electron chi connectivity index (χ4n) is 2.25. The van der Waals surface area contributed by atoms with Gasteiger partial charge in [-0.25, -0.2) is 0 Å². The summed E-state index contributed by atoms with van der Waals surface area (Å²) in [5.74, 6) is -0.0305. The van der Waals surface area contributed by atoms with Crippen molar-refractivity contribution in [3.8, 4) is 0 Å². The van der Waals surface area contributed by atoms with Gasteiger partial charge in [0.15, 0.2) is 5.84 Å². The molecule has 1 aliphatic rings. The first-order valence-corrected chi connectivity index (χ1v) is 5.85.